The van der Waals surface area contributed by atoms with Crippen LogP contribution >= 0.6 is 12.4 Å². The molecule has 6 nitrogen and oxygen atoms in total. The molecular weight excluding hydrogens is 302 g/mol. The maximum atomic E-state index is 12.4. The van der Waals surface area contributed by atoms with E-state index < -0.39 is 15.9 Å². The van der Waals surface area contributed by atoms with Gasteiger partial charge in [0.25, 0.3) is 0 Å². The number of hydrogen-bond donors (Lipinski definition) is 2. The van der Waals surface area contributed by atoms with Crippen LogP contribution in [0.1, 0.15) is 17.3 Å². The highest BCUT2D eigenvalue weighted by molar-refractivity contribution is 7.89. The number of rotatable bonds is 3. The number of piperazine rings is 1. The van der Waals surface area contributed by atoms with Gasteiger partial charge >= 0.3 is 0 Å². The largest absolute Gasteiger partial charge is 0.366 e. The average Bonchev–Trinajstić information content (AvgIpc) is 2.39. The van der Waals surface area contributed by atoms with Crippen LogP contribution in [0.15, 0.2) is 29.2 Å². The predicted octanol–water partition coefficient (Wildman–Crippen LogP) is 0.190. The van der Waals surface area contributed by atoms with E-state index in [2.05, 4.69) is 5.32 Å². The van der Waals surface area contributed by atoms with Crippen molar-refractivity contribution in [2.24, 2.45) is 5.73 Å². The first-order chi connectivity index (χ1) is 8.91. The van der Waals surface area contributed by atoms with Gasteiger partial charge in [0.05, 0.1) is 4.90 Å². The number of benzene rings is 1. The van der Waals surface area contributed by atoms with Crippen LogP contribution in [0.4, 0.5) is 0 Å². The molecule has 1 aliphatic heterocycles. The lowest BCUT2D eigenvalue weighted by Crippen LogP contribution is -2.51. The van der Waals surface area contributed by atoms with Crippen LogP contribution in [0.5, 0.6) is 0 Å². The first-order valence-electron chi connectivity index (χ1n) is 6.04. The molecule has 0 bridgehead atoms. The van der Waals surface area contributed by atoms with E-state index in [1.54, 1.807) is 0 Å². The lowest BCUT2D eigenvalue weighted by atomic mass is 10.2. The molecule has 0 aromatic heterocycles. The van der Waals surface area contributed by atoms with Gasteiger partial charge in [0.1, 0.15) is 0 Å². The van der Waals surface area contributed by atoms with E-state index in [4.69, 9.17) is 5.73 Å². The molecule has 0 aliphatic carbocycles. The van der Waals surface area contributed by atoms with Gasteiger partial charge in [-0.05, 0) is 31.2 Å². The lowest BCUT2D eigenvalue weighted by molar-refractivity contribution is 0.1000. The molecule has 1 fully saturated rings. The Hall–Kier alpha value is -1.15. The molecule has 1 amide bonds. The molecule has 1 saturated heterocycles. The van der Waals surface area contributed by atoms with E-state index in [1.165, 1.54) is 28.6 Å². The lowest BCUT2D eigenvalue weighted by Gasteiger charge is -2.31. The third-order valence-electron chi connectivity index (χ3n) is 3.11. The summed E-state index contributed by atoms with van der Waals surface area (Å²) in [6, 6.07) is 5.83. The molecule has 1 aromatic carbocycles. The summed E-state index contributed by atoms with van der Waals surface area (Å²) in [4.78, 5) is 11.1. The fraction of sp³-hybridized carbons (Fsp3) is 0.417. The molecule has 112 valence electrons. The van der Waals surface area contributed by atoms with E-state index in [0.29, 0.717) is 25.2 Å². The number of nitrogens with two attached hydrogens (primary N) is 1. The summed E-state index contributed by atoms with van der Waals surface area (Å²) in [6.07, 6.45) is 0. The van der Waals surface area contributed by atoms with Gasteiger partial charge in [-0.3, -0.25) is 4.79 Å². The third-order valence-corrected chi connectivity index (χ3v) is 4.99. The Bertz CT molecular complexity index is 574. The number of carbonyl (C=O) groups excluding carboxylic acids is 1. The van der Waals surface area contributed by atoms with Gasteiger partial charge in [-0.2, -0.15) is 4.31 Å². The number of sulfonamides is 1. The zero-order valence-corrected chi connectivity index (χ0v) is 12.7. The van der Waals surface area contributed by atoms with E-state index in [9.17, 15) is 13.2 Å². The fourth-order valence-electron chi connectivity index (χ4n) is 2.06. The first-order valence-corrected chi connectivity index (χ1v) is 7.48. The van der Waals surface area contributed by atoms with Crippen molar-refractivity contribution in [1.82, 2.24) is 9.62 Å². The number of nitrogens with one attached hydrogen (secondary N) is 1. The molecule has 0 saturated carbocycles. The Morgan fingerprint density at radius 3 is 2.45 bits per heavy atom. The summed E-state index contributed by atoms with van der Waals surface area (Å²) in [5, 5.41) is 3.19. The molecule has 8 heteroatoms. The summed E-state index contributed by atoms with van der Waals surface area (Å²) >= 11 is 0. The van der Waals surface area contributed by atoms with Gasteiger partial charge in [-0.25, -0.2) is 8.42 Å². The van der Waals surface area contributed by atoms with Crippen molar-refractivity contribution >= 4 is 28.3 Å². The normalized spacial score (nSPS) is 20.1. The molecule has 1 atom stereocenters. The van der Waals surface area contributed by atoms with E-state index in [1.807, 2.05) is 6.92 Å². The standard InChI is InChI=1S/C12H17N3O3S.ClH/c1-9-8-15(7-6-14-9)19(17,18)11-4-2-10(3-5-11)12(13)16;/h2-5,9,14H,6-8H2,1H3,(H2,13,16);1H/t9-;/m0./s1. The molecule has 0 radical (unpaired) electrons. The van der Waals surface area contributed by atoms with Crippen molar-refractivity contribution in [2.75, 3.05) is 19.6 Å². The van der Waals surface area contributed by atoms with E-state index in [0.717, 1.165) is 0 Å². The molecular formula is C12H18ClN3O3S. The second-order valence-electron chi connectivity index (χ2n) is 4.61. The van der Waals surface area contributed by atoms with Crippen LogP contribution in [-0.2, 0) is 10.0 Å². The van der Waals surface area contributed by atoms with Crippen molar-refractivity contribution in [2.45, 2.75) is 17.9 Å². The summed E-state index contributed by atoms with van der Waals surface area (Å²) in [5.74, 6) is -0.570. The molecule has 0 unspecified atom stereocenters. The Kier molecular flexibility index (Phi) is 5.52. The van der Waals surface area contributed by atoms with Crippen LogP contribution in [0, 0.1) is 0 Å². The Balaban J connectivity index is 0.00000200. The first kappa shape index (κ1) is 16.9. The van der Waals surface area contributed by atoms with E-state index in [-0.39, 0.29) is 23.3 Å². The minimum Gasteiger partial charge on any atom is -0.366 e. The predicted molar refractivity (Wildman–Crippen MR) is 78.4 cm³/mol. The SMILES string of the molecule is C[C@H]1CN(S(=O)(=O)c2ccc(C(N)=O)cc2)CCN1.Cl. The molecule has 1 heterocycles. The van der Waals surface area contributed by atoms with Crippen molar-refractivity contribution in [3.05, 3.63) is 29.8 Å². The summed E-state index contributed by atoms with van der Waals surface area (Å²) in [6.45, 7) is 3.47. The van der Waals surface area contributed by atoms with Gasteiger partial charge in [0.2, 0.25) is 15.9 Å². The molecule has 2 rings (SSSR count). The summed E-state index contributed by atoms with van der Waals surface area (Å²) < 4.78 is 26.2. The van der Waals surface area contributed by atoms with Crippen LogP contribution in [0.2, 0.25) is 0 Å². The van der Waals surface area contributed by atoms with E-state index >= 15 is 0 Å². The molecule has 1 aliphatic rings. The highest BCUT2D eigenvalue weighted by Crippen LogP contribution is 2.17. The van der Waals surface area contributed by atoms with Gasteiger partial charge < -0.3 is 11.1 Å². The van der Waals surface area contributed by atoms with Crippen molar-refractivity contribution in [3.63, 3.8) is 0 Å². The monoisotopic (exact) mass is 319 g/mol. The molecule has 1 aromatic rings. The quantitative estimate of drug-likeness (QED) is 0.832. The maximum absolute atomic E-state index is 12.4. The zero-order valence-electron chi connectivity index (χ0n) is 11.1. The number of halogens is 1. The Morgan fingerprint density at radius 1 is 1.35 bits per heavy atom. The minimum atomic E-state index is -3.50. The topological polar surface area (TPSA) is 92.5 Å². The van der Waals surface area contributed by atoms with Crippen molar-refractivity contribution < 1.29 is 13.2 Å². The molecule has 3 N–H and O–H groups in total. The molecule has 0 spiro atoms. The van der Waals surface area contributed by atoms with Crippen molar-refractivity contribution in [3.8, 4) is 0 Å². The fourth-order valence-corrected chi connectivity index (χ4v) is 3.59. The highest BCUT2D eigenvalue weighted by atomic mass is 35.5. The van der Waals surface area contributed by atoms with Gasteiger partial charge in [-0.15, -0.1) is 12.4 Å². The minimum absolute atomic E-state index is 0. The van der Waals surface area contributed by atoms with Crippen LogP contribution < -0.4 is 11.1 Å². The van der Waals surface area contributed by atoms with Gasteiger partial charge in [0, 0.05) is 31.2 Å². The second kappa shape index (κ2) is 6.53. The summed E-state index contributed by atoms with van der Waals surface area (Å²) in [5.41, 5.74) is 5.43. The van der Waals surface area contributed by atoms with Crippen molar-refractivity contribution in [1.29, 1.82) is 0 Å². The zero-order chi connectivity index (χ0) is 14.0. The maximum Gasteiger partial charge on any atom is 0.248 e. The highest BCUT2D eigenvalue weighted by Gasteiger charge is 2.28. The number of nitrogens with zero attached hydrogens (tertiary/aromatic N) is 1. The number of amides is 1. The van der Waals surface area contributed by atoms with Gasteiger partial charge in [0.15, 0.2) is 0 Å². The number of hydrogen-bond acceptors (Lipinski definition) is 4. The Labute approximate surface area is 124 Å². The van der Waals surface area contributed by atoms with Crippen LogP contribution in [0.25, 0.3) is 0 Å². The van der Waals surface area contributed by atoms with Crippen LogP contribution in [0.3, 0.4) is 0 Å². The van der Waals surface area contributed by atoms with Gasteiger partial charge in [-0.1, -0.05) is 0 Å². The number of carbonyl (C=O) groups is 1. The third kappa shape index (κ3) is 3.49. The number of primary amides is 1. The average molecular weight is 320 g/mol. The smallest absolute Gasteiger partial charge is 0.248 e. The summed E-state index contributed by atoms with van der Waals surface area (Å²) in [7, 11) is -3.50. The second-order valence-corrected chi connectivity index (χ2v) is 6.54. The molecule has 20 heavy (non-hydrogen) atoms. The Morgan fingerprint density at radius 2 is 1.95 bits per heavy atom. The van der Waals surface area contributed by atoms with Crippen LogP contribution in [-0.4, -0.2) is 44.3 Å².